The van der Waals surface area contributed by atoms with Gasteiger partial charge in [-0.15, -0.1) is 0 Å². The topological polar surface area (TPSA) is 54.0 Å². The smallest absolute Gasteiger partial charge is 0.203 e. The number of Topliss-reactive ketones (excluding diaryl/α,β-unsaturated/α-hetero) is 1. The molecule has 0 atom stereocenters. The molecule has 5 heteroatoms. The molecule has 0 radical (unpaired) electrons. The van der Waals surface area contributed by atoms with Crippen LogP contribution in [-0.4, -0.2) is 34.2 Å². The van der Waals surface area contributed by atoms with Crippen LogP contribution in [-0.2, 0) is 16.0 Å². The first kappa shape index (κ1) is 18.2. The predicted octanol–water partition coefficient (Wildman–Crippen LogP) is 3.69. The summed E-state index contributed by atoms with van der Waals surface area (Å²) >= 11 is 0. The van der Waals surface area contributed by atoms with Crippen LogP contribution in [0.15, 0.2) is 23.5 Å². The summed E-state index contributed by atoms with van der Waals surface area (Å²) in [6.07, 6.45) is 4.81. The fourth-order valence-corrected chi connectivity index (χ4v) is 3.12. The van der Waals surface area contributed by atoms with Crippen LogP contribution in [0.2, 0.25) is 0 Å². The lowest BCUT2D eigenvalue weighted by molar-refractivity contribution is -0.116. The molecule has 1 aromatic rings. The largest absolute Gasteiger partial charge is 0.501 e. The van der Waals surface area contributed by atoms with Gasteiger partial charge in [0, 0.05) is 18.4 Å². The van der Waals surface area contributed by atoms with E-state index in [4.69, 9.17) is 18.9 Å². The van der Waals surface area contributed by atoms with E-state index in [1.807, 2.05) is 12.1 Å². The van der Waals surface area contributed by atoms with Crippen molar-refractivity contribution in [3.8, 4) is 17.2 Å². The minimum atomic E-state index is 0.225. The van der Waals surface area contributed by atoms with E-state index in [1.165, 1.54) is 0 Å². The monoisotopic (exact) mass is 334 g/mol. The molecule has 2 rings (SSSR count). The number of rotatable bonds is 8. The lowest BCUT2D eigenvalue weighted by atomic mass is 9.92. The molecule has 5 nitrogen and oxygen atoms in total. The minimum Gasteiger partial charge on any atom is -0.501 e. The van der Waals surface area contributed by atoms with E-state index in [9.17, 15) is 4.79 Å². The molecule has 24 heavy (non-hydrogen) atoms. The number of aryl methyl sites for hydroxylation is 1. The first-order valence-corrected chi connectivity index (χ1v) is 8.22. The number of ether oxygens (including phenoxy) is 4. The number of hydrogen-bond acceptors (Lipinski definition) is 5. The van der Waals surface area contributed by atoms with Gasteiger partial charge in [0.15, 0.2) is 17.3 Å². The summed E-state index contributed by atoms with van der Waals surface area (Å²) in [6.45, 7) is 0. The molecular formula is C19H26O5. The van der Waals surface area contributed by atoms with Crippen LogP contribution in [0.3, 0.4) is 0 Å². The SMILES string of the molecule is COC1=C(CCCc2cc(OC)c(OC)c(OC)c2)C(=O)CCC1. The quantitative estimate of drug-likeness (QED) is 0.726. The van der Waals surface area contributed by atoms with Crippen molar-refractivity contribution < 1.29 is 23.7 Å². The van der Waals surface area contributed by atoms with Gasteiger partial charge in [-0.25, -0.2) is 0 Å². The third-order valence-electron chi connectivity index (χ3n) is 4.34. The van der Waals surface area contributed by atoms with E-state index >= 15 is 0 Å². The summed E-state index contributed by atoms with van der Waals surface area (Å²) in [7, 11) is 6.45. The summed E-state index contributed by atoms with van der Waals surface area (Å²) in [5.74, 6) is 2.98. The van der Waals surface area contributed by atoms with E-state index < -0.39 is 0 Å². The molecule has 1 aliphatic carbocycles. The second-order valence-corrected chi connectivity index (χ2v) is 5.77. The van der Waals surface area contributed by atoms with Gasteiger partial charge in [-0.3, -0.25) is 4.79 Å². The van der Waals surface area contributed by atoms with Gasteiger partial charge in [-0.2, -0.15) is 0 Å². The Morgan fingerprint density at radius 2 is 1.54 bits per heavy atom. The highest BCUT2D eigenvalue weighted by Gasteiger charge is 2.21. The van der Waals surface area contributed by atoms with Gasteiger partial charge in [-0.05, 0) is 43.4 Å². The maximum absolute atomic E-state index is 12.1. The maximum atomic E-state index is 12.1. The number of allylic oxidation sites excluding steroid dienone is 2. The summed E-state index contributed by atoms with van der Waals surface area (Å²) in [5, 5.41) is 0. The van der Waals surface area contributed by atoms with Gasteiger partial charge in [0.05, 0.1) is 28.4 Å². The third-order valence-corrected chi connectivity index (χ3v) is 4.34. The molecule has 0 spiro atoms. The molecule has 1 aliphatic rings. The van der Waals surface area contributed by atoms with Crippen molar-refractivity contribution in [3.63, 3.8) is 0 Å². The number of benzene rings is 1. The highest BCUT2D eigenvalue weighted by molar-refractivity contribution is 5.96. The molecule has 0 aliphatic heterocycles. The predicted molar refractivity (Wildman–Crippen MR) is 91.9 cm³/mol. The fraction of sp³-hybridized carbons (Fsp3) is 0.526. The summed E-state index contributed by atoms with van der Waals surface area (Å²) in [6, 6.07) is 3.91. The molecular weight excluding hydrogens is 308 g/mol. The zero-order valence-electron chi connectivity index (χ0n) is 14.9. The van der Waals surface area contributed by atoms with Gasteiger partial charge in [-0.1, -0.05) is 0 Å². The van der Waals surface area contributed by atoms with E-state index in [-0.39, 0.29) is 5.78 Å². The lowest BCUT2D eigenvalue weighted by Gasteiger charge is -2.18. The molecule has 132 valence electrons. The fourth-order valence-electron chi connectivity index (χ4n) is 3.12. The number of carbonyl (C=O) groups excluding carboxylic acids is 1. The highest BCUT2D eigenvalue weighted by Crippen LogP contribution is 2.38. The Bertz CT molecular complexity index is 593. The van der Waals surface area contributed by atoms with Crippen LogP contribution in [0.4, 0.5) is 0 Å². The minimum absolute atomic E-state index is 0.225. The molecule has 0 amide bonds. The van der Waals surface area contributed by atoms with Crippen LogP contribution in [0.25, 0.3) is 0 Å². The van der Waals surface area contributed by atoms with Crippen LogP contribution in [0.1, 0.15) is 37.7 Å². The average molecular weight is 334 g/mol. The zero-order valence-corrected chi connectivity index (χ0v) is 14.9. The van der Waals surface area contributed by atoms with Crippen molar-refractivity contribution in [2.75, 3.05) is 28.4 Å². The zero-order chi connectivity index (χ0) is 17.5. The number of hydrogen-bond donors (Lipinski definition) is 0. The van der Waals surface area contributed by atoms with Crippen molar-refractivity contribution >= 4 is 5.78 Å². The van der Waals surface area contributed by atoms with Crippen LogP contribution >= 0.6 is 0 Å². The van der Waals surface area contributed by atoms with E-state index in [1.54, 1.807) is 28.4 Å². The van der Waals surface area contributed by atoms with Crippen molar-refractivity contribution in [3.05, 3.63) is 29.0 Å². The van der Waals surface area contributed by atoms with E-state index in [0.717, 1.165) is 49.0 Å². The summed E-state index contributed by atoms with van der Waals surface area (Å²) in [4.78, 5) is 12.1. The van der Waals surface area contributed by atoms with Gasteiger partial charge < -0.3 is 18.9 Å². The molecule has 0 heterocycles. The van der Waals surface area contributed by atoms with Crippen molar-refractivity contribution in [2.24, 2.45) is 0 Å². The molecule has 0 bridgehead atoms. The number of ketones is 1. The number of carbonyl (C=O) groups is 1. The standard InChI is InChI=1S/C19H26O5/c1-21-16-10-6-9-15(20)14(16)8-5-7-13-11-17(22-2)19(24-4)18(12-13)23-3/h11-12H,5-10H2,1-4H3. The molecule has 1 aromatic carbocycles. The molecule has 0 saturated carbocycles. The van der Waals surface area contributed by atoms with Crippen LogP contribution < -0.4 is 14.2 Å². The summed E-state index contributed by atoms with van der Waals surface area (Å²) in [5.41, 5.74) is 1.95. The Balaban J connectivity index is 2.09. The Morgan fingerprint density at radius 1 is 0.875 bits per heavy atom. The van der Waals surface area contributed by atoms with Crippen molar-refractivity contribution in [1.82, 2.24) is 0 Å². The van der Waals surface area contributed by atoms with Crippen LogP contribution in [0, 0.1) is 0 Å². The molecule has 0 fully saturated rings. The molecule has 0 unspecified atom stereocenters. The first-order valence-electron chi connectivity index (χ1n) is 8.22. The third kappa shape index (κ3) is 4.02. The highest BCUT2D eigenvalue weighted by atomic mass is 16.5. The Labute approximate surface area is 143 Å². The maximum Gasteiger partial charge on any atom is 0.203 e. The van der Waals surface area contributed by atoms with Crippen molar-refractivity contribution in [1.29, 1.82) is 0 Å². The molecule has 0 N–H and O–H groups in total. The van der Waals surface area contributed by atoms with Gasteiger partial charge in [0.25, 0.3) is 0 Å². The normalized spacial score (nSPS) is 14.6. The van der Waals surface area contributed by atoms with Gasteiger partial charge in [0.1, 0.15) is 5.76 Å². The van der Waals surface area contributed by atoms with Crippen LogP contribution in [0.5, 0.6) is 17.2 Å². The molecule has 0 saturated heterocycles. The average Bonchev–Trinajstić information content (AvgIpc) is 2.61. The van der Waals surface area contributed by atoms with Gasteiger partial charge in [0.2, 0.25) is 5.75 Å². The van der Waals surface area contributed by atoms with E-state index in [2.05, 4.69) is 0 Å². The molecule has 0 aromatic heterocycles. The summed E-state index contributed by atoms with van der Waals surface area (Å²) < 4.78 is 21.5. The van der Waals surface area contributed by atoms with E-state index in [0.29, 0.717) is 23.7 Å². The second-order valence-electron chi connectivity index (χ2n) is 5.77. The number of methoxy groups -OCH3 is 4. The first-order chi connectivity index (χ1) is 11.6. The van der Waals surface area contributed by atoms with Gasteiger partial charge >= 0.3 is 0 Å². The second kappa shape index (κ2) is 8.62. The lowest BCUT2D eigenvalue weighted by Crippen LogP contribution is -2.13. The Morgan fingerprint density at radius 3 is 2.08 bits per heavy atom. The Hall–Kier alpha value is -2.17. The van der Waals surface area contributed by atoms with Crippen molar-refractivity contribution in [2.45, 2.75) is 38.5 Å². The Kier molecular flexibility index (Phi) is 6.53.